The number of hydrogen-bond acceptors (Lipinski definition) is 6. The number of halogens is 3. The summed E-state index contributed by atoms with van der Waals surface area (Å²) in [6.45, 7) is 0.638. The number of likely N-dealkylation sites (tertiary alicyclic amines) is 1. The Morgan fingerprint density at radius 3 is 2.41 bits per heavy atom. The first-order valence-electron chi connectivity index (χ1n) is 10.2. The van der Waals surface area contributed by atoms with E-state index in [9.17, 15) is 18.0 Å². The lowest BCUT2D eigenvalue weighted by Crippen LogP contribution is -2.48. The van der Waals surface area contributed by atoms with Gasteiger partial charge >= 0.3 is 6.18 Å². The van der Waals surface area contributed by atoms with E-state index in [1.165, 1.54) is 0 Å². The first-order valence-corrected chi connectivity index (χ1v) is 10.2. The quantitative estimate of drug-likeness (QED) is 0.667. The summed E-state index contributed by atoms with van der Waals surface area (Å²) in [5, 5.41) is 3.13. The highest BCUT2D eigenvalue weighted by Gasteiger charge is 2.47. The number of fused-ring (bicyclic) bond motifs is 2. The second-order valence-corrected chi connectivity index (χ2v) is 8.02. The van der Waals surface area contributed by atoms with Crippen molar-refractivity contribution < 1.29 is 18.0 Å². The van der Waals surface area contributed by atoms with Crippen molar-refractivity contribution in [1.29, 1.82) is 0 Å². The number of alkyl halides is 3. The third-order valence-electron chi connectivity index (χ3n) is 6.00. The molecule has 0 radical (unpaired) electrons. The average molecular weight is 440 g/mol. The van der Waals surface area contributed by atoms with E-state index >= 15 is 0 Å². The molecule has 10 heteroatoms. The lowest BCUT2D eigenvalue weighted by atomic mass is 10.0. The highest BCUT2D eigenvalue weighted by molar-refractivity contribution is 6.00. The molecule has 5 rings (SSSR count). The van der Waals surface area contributed by atoms with E-state index in [0.29, 0.717) is 29.4 Å². The van der Waals surface area contributed by atoms with E-state index in [2.05, 4.69) is 25.3 Å². The second-order valence-electron chi connectivity index (χ2n) is 8.02. The molecule has 2 fully saturated rings. The summed E-state index contributed by atoms with van der Waals surface area (Å²) < 4.78 is 38.3. The van der Waals surface area contributed by atoms with Gasteiger partial charge in [-0.15, -0.1) is 0 Å². The van der Waals surface area contributed by atoms with Gasteiger partial charge in [-0.25, -0.2) is 19.9 Å². The molecule has 0 spiro atoms. The first-order chi connectivity index (χ1) is 15.4. The summed E-state index contributed by atoms with van der Waals surface area (Å²) in [4.78, 5) is 31.5. The Balaban J connectivity index is 1.35. The molecule has 2 bridgehead atoms. The topological polar surface area (TPSA) is 83.9 Å². The van der Waals surface area contributed by atoms with Gasteiger partial charge in [0, 0.05) is 42.9 Å². The Kier molecular flexibility index (Phi) is 4.99. The zero-order valence-corrected chi connectivity index (χ0v) is 16.8. The molecule has 1 N–H and O–H groups in total. The molecule has 3 aromatic rings. The molecule has 0 unspecified atom stereocenters. The normalized spacial score (nSPS) is 22.2. The van der Waals surface area contributed by atoms with Crippen LogP contribution < -0.4 is 5.32 Å². The maximum absolute atomic E-state index is 13.5. The van der Waals surface area contributed by atoms with Crippen LogP contribution in [0, 0.1) is 5.92 Å². The Morgan fingerprint density at radius 2 is 1.72 bits per heavy atom. The number of hydrogen-bond donors (Lipinski definition) is 1. The van der Waals surface area contributed by atoms with Gasteiger partial charge in [0.1, 0.15) is 0 Å². The van der Waals surface area contributed by atoms with E-state index in [1.54, 1.807) is 30.6 Å². The van der Waals surface area contributed by atoms with Crippen LogP contribution in [0.1, 0.15) is 28.8 Å². The van der Waals surface area contributed by atoms with Gasteiger partial charge in [-0.2, -0.15) is 13.2 Å². The minimum atomic E-state index is -4.48. The fourth-order valence-electron chi connectivity index (χ4n) is 4.59. The molecular formula is C22H19F3N6O. The van der Waals surface area contributed by atoms with Crippen molar-refractivity contribution in [1.82, 2.24) is 24.8 Å². The predicted octanol–water partition coefficient (Wildman–Crippen LogP) is 3.67. The van der Waals surface area contributed by atoms with Gasteiger partial charge in [0.05, 0.1) is 17.2 Å². The lowest BCUT2D eigenvalue weighted by molar-refractivity contribution is -0.138. The molecule has 1 saturated heterocycles. The van der Waals surface area contributed by atoms with Crippen LogP contribution >= 0.6 is 0 Å². The number of benzene rings is 1. The number of nitrogens with one attached hydrogen (secondary N) is 1. The van der Waals surface area contributed by atoms with Gasteiger partial charge in [0.15, 0.2) is 5.82 Å². The van der Waals surface area contributed by atoms with Gasteiger partial charge in [0.2, 0.25) is 5.95 Å². The molecule has 3 atom stereocenters. The smallest absolute Gasteiger partial charge is 0.349 e. The predicted molar refractivity (Wildman–Crippen MR) is 109 cm³/mol. The molecule has 2 aliphatic rings. The number of piperidine rings is 1. The fourth-order valence-corrected chi connectivity index (χ4v) is 4.59. The van der Waals surface area contributed by atoms with Crippen LogP contribution in [0.5, 0.6) is 0 Å². The highest BCUT2D eigenvalue weighted by Crippen LogP contribution is 2.40. The molecule has 1 saturated carbocycles. The Morgan fingerprint density at radius 1 is 1.00 bits per heavy atom. The van der Waals surface area contributed by atoms with Crippen LogP contribution in [-0.4, -0.2) is 49.4 Å². The number of amides is 1. The summed E-state index contributed by atoms with van der Waals surface area (Å²) in [5.41, 5.74) is 0.291. The average Bonchev–Trinajstić information content (AvgIpc) is 3.40. The van der Waals surface area contributed by atoms with Crippen molar-refractivity contribution in [3.8, 4) is 11.4 Å². The second kappa shape index (κ2) is 7.85. The summed E-state index contributed by atoms with van der Waals surface area (Å²) in [6.07, 6.45) is 1.94. The van der Waals surface area contributed by atoms with Gasteiger partial charge in [-0.1, -0.05) is 18.2 Å². The van der Waals surface area contributed by atoms with E-state index in [0.717, 1.165) is 25.2 Å². The zero-order valence-electron chi connectivity index (χ0n) is 16.8. The fraction of sp³-hybridized carbons (Fsp3) is 0.318. The molecule has 2 aromatic heterocycles. The molecule has 3 heterocycles. The maximum Gasteiger partial charge on any atom is 0.419 e. The molecule has 1 aromatic carbocycles. The number of rotatable bonds is 4. The Labute approximate surface area is 181 Å². The number of carbonyl (C=O) groups excluding carboxylic acids is 1. The molecule has 1 aliphatic carbocycles. The van der Waals surface area contributed by atoms with Gasteiger partial charge in [-0.05, 0) is 30.9 Å². The van der Waals surface area contributed by atoms with E-state index in [4.69, 9.17) is 0 Å². The zero-order chi connectivity index (χ0) is 22.3. The summed E-state index contributed by atoms with van der Waals surface area (Å²) in [7, 11) is 0. The van der Waals surface area contributed by atoms with Crippen LogP contribution in [0.2, 0.25) is 0 Å². The summed E-state index contributed by atoms with van der Waals surface area (Å²) >= 11 is 0. The number of anilines is 1. The highest BCUT2D eigenvalue weighted by atomic mass is 19.4. The molecule has 1 aliphatic heterocycles. The molecule has 32 heavy (non-hydrogen) atoms. The summed E-state index contributed by atoms with van der Waals surface area (Å²) in [6, 6.07) is 8.72. The van der Waals surface area contributed by atoms with Crippen LogP contribution in [0.25, 0.3) is 11.4 Å². The minimum Gasteiger partial charge on any atom is -0.349 e. The largest absolute Gasteiger partial charge is 0.419 e. The maximum atomic E-state index is 13.5. The van der Waals surface area contributed by atoms with Crippen molar-refractivity contribution in [3.05, 3.63) is 66.2 Å². The van der Waals surface area contributed by atoms with Crippen LogP contribution in [0.3, 0.4) is 0 Å². The van der Waals surface area contributed by atoms with E-state index < -0.39 is 11.7 Å². The number of aromatic nitrogens is 4. The number of nitrogens with zero attached hydrogens (tertiary/aromatic N) is 5. The standard InChI is InChI=1S/C22H19F3N6O/c23-22(24,25)14-10-28-21(29-11-14)30-17-8-13-9-18(17)31(12-13)20(32)16-5-2-1-4-15(16)19-26-6-3-7-27-19/h1-7,10-11,13,17-18H,8-9,12H2,(H,28,29,30)/t13-,17+,18-/m0/s1. The van der Waals surface area contributed by atoms with Crippen molar-refractivity contribution in [3.63, 3.8) is 0 Å². The molecule has 1 amide bonds. The van der Waals surface area contributed by atoms with Gasteiger partial charge < -0.3 is 10.2 Å². The molecular weight excluding hydrogens is 421 g/mol. The lowest BCUT2D eigenvalue weighted by Gasteiger charge is -2.34. The van der Waals surface area contributed by atoms with Crippen molar-refractivity contribution >= 4 is 11.9 Å². The van der Waals surface area contributed by atoms with Crippen LogP contribution in [-0.2, 0) is 6.18 Å². The van der Waals surface area contributed by atoms with Crippen LogP contribution in [0.4, 0.5) is 19.1 Å². The van der Waals surface area contributed by atoms with Crippen molar-refractivity contribution in [2.75, 3.05) is 11.9 Å². The minimum absolute atomic E-state index is 0.0943. The monoisotopic (exact) mass is 440 g/mol. The SMILES string of the molecule is O=C(c1ccccc1-c1ncccn1)N1C[C@H]2C[C@@H](Nc3ncc(C(F)(F)F)cn3)[C@@H]1C2. The first kappa shape index (κ1) is 20.3. The van der Waals surface area contributed by atoms with E-state index in [1.807, 2.05) is 17.0 Å². The summed E-state index contributed by atoms with van der Waals surface area (Å²) in [5.74, 6) is 0.811. The van der Waals surface area contributed by atoms with E-state index in [-0.39, 0.29) is 23.9 Å². The Hall–Kier alpha value is -3.56. The van der Waals surface area contributed by atoms with Crippen molar-refractivity contribution in [2.24, 2.45) is 5.92 Å². The van der Waals surface area contributed by atoms with Crippen molar-refractivity contribution in [2.45, 2.75) is 31.1 Å². The molecule has 164 valence electrons. The van der Waals surface area contributed by atoms with Gasteiger partial charge in [-0.3, -0.25) is 4.79 Å². The van der Waals surface area contributed by atoms with Crippen LogP contribution in [0.15, 0.2) is 55.1 Å². The van der Waals surface area contributed by atoms with Gasteiger partial charge in [0.25, 0.3) is 5.91 Å². The number of carbonyl (C=O) groups is 1. The third-order valence-corrected chi connectivity index (χ3v) is 6.00. The Bertz CT molecular complexity index is 1120. The molecule has 7 nitrogen and oxygen atoms in total. The third kappa shape index (κ3) is 3.76.